The highest BCUT2D eigenvalue weighted by Gasteiger charge is 2.18. The molecule has 0 atom stereocenters. The van der Waals surface area contributed by atoms with Gasteiger partial charge < -0.3 is 10.6 Å². The Bertz CT molecular complexity index is 758. The Morgan fingerprint density at radius 2 is 2.09 bits per heavy atom. The van der Waals surface area contributed by atoms with Crippen molar-refractivity contribution in [3.63, 3.8) is 0 Å². The fourth-order valence-corrected chi connectivity index (χ4v) is 3.43. The summed E-state index contributed by atoms with van der Waals surface area (Å²) in [5.74, 6) is 0.672. The third-order valence-corrected chi connectivity index (χ3v) is 4.68. The molecular formula is C18H18N2O2S. The van der Waals surface area contributed by atoms with E-state index in [0.29, 0.717) is 23.4 Å². The van der Waals surface area contributed by atoms with E-state index in [1.807, 2.05) is 36.4 Å². The highest BCUT2D eigenvalue weighted by molar-refractivity contribution is 7.99. The van der Waals surface area contributed by atoms with Crippen LogP contribution < -0.4 is 10.6 Å². The molecule has 2 aromatic carbocycles. The third-order valence-electron chi connectivity index (χ3n) is 3.72. The van der Waals surface area contributed by atoms with Crippen molar-refractivity contribution in [3.05, 3.63) is 59.2 Å². The highest BCUT2D eigenvalue weighted by atomic mass is 32.2. The molecule has 0 aliphatic carbocycles. The standard InChI is InChI=1S/C18H18N2O2S/c1-2-23-16-6-4-3-5-14(16)18(22)20-13-8-7-12-9-10-19-17(21)15(12)11-13/h3-8,11H,2,9-10H2,1H3,(H,19,21)(H,20,22). The highest BCUT2D eigenvalue weighted by Crippen LogP contribution is 2.24. The number of fused-ring (bicyclic) bond motifs is 1. The molecule has 1 heterocycles. The Labute approximate surface area is 139 Å². The molecular weight excluding hydrogens is 308 g/mol. The van der Waals surface area contributed by atoms with Crippen LogP contribution in [0.4, 0.5) is 5.69 Å². The van der Waals surface area contributed by atoms with Crippen molar-refractivity contribution in [2.24, 2.45) is 0 Å². The van der Waals surface area contributed by atoms with Gasteiger partial charge in [-0.2, -0.15) is 0 Å². The molecule has 0 fully saturated rings. The van der Waals surface area contributed by atoms with Gasteiger partial charge in [0.1, 0.15) is 0 Å². The molecule has 0 saturated carbocycles. The second-order valence-electron chi connectivity index (χ2n) is 5.26. The molecule has 0 unspecified atom stereocenters. The first-order valence-corrected chi connectivity index (χ1v) is 8.62. The Morgan fingerprint density at radius 1 is 1.26 bits per heavy atom. The van der Waals surface area contributed by atoms with Crippen molar-refractivity contribution in [3.8, 4) is 0 Å². The first-order valence-electron chi connectivity index (χ1n) is 7.63. The first kappa shape index (κ1) is 15.6. The summed E-state index contributed by atoms with van der Waals surface area (Å²) in [5.41, 5.74) is 2.96. The average Bonchev–Trinajstić information content (AvgIpc) is 2.56. The zero-order valence-corrected chi connectivity index (χ0v) is 13.7. The van der Waals surface area contributed by atoms with Crippen LogP contribution in [0.15, 0.2) is 47.4 Å². The van der Waals surface area contributed by atoms with Gasteiger partial charge in [-0.05, 0) is 42.0 Å². The van der Waals surface area contributed by atoms with E-state index in [9.17, 15) is 9.59 Å². The largest absolute Gasteiger partial charge is 0.352 e. The molecule has 1 aliphatic heterocycles. The number of carbonyl (C=O) groups excluding carboxylic acids is 2. The Hall–Kier alpha value is -2.27. The summed E-state index contributed by atoms with van der Waals surface area (Å²) < 4.78 is 0. The van der Waals surface area contributed by atoms with Crippen LogP contribution >= 0.6 is 11.8 Å². The van der Waals surface area contributed by atoms with Crippen molar-refractivity contribution in [1.29, 1.82) is 0 Å². The van der Waals surface area contributed by atoms with E-state index in [4.69, 9.17) is 0 Å². The van der Waals surface area contributed by atoms with E-state index in [1.54, 1.807) is 17.8 Å². The van der Waals surface area contributed by atoms with Crippen molar-refractivity contribution in [1.82, 2.24) is 5.32 Å². The lowest BCUT2D eigenvalue weighted by atomic mass is 10.00. The smallest absolute Gasteiger partial charge is 0.256 e. The number of benzene rings is 2. The Morgan fingerprint density at radius 3 is 2.91 bits per heavy atom. The van der Waals surface area contributed by atoms with Crippen LogP contribution in [0, 0.1) is 0 Å². The number of rotatable bonds is 4. The summed E-state index contributed by atoms with van der Waals surface area (Å²) in [6.07, 6.45) is 0.825. The van der Waals surface area contributed by atoms with E-state index in [0.717, 1.165) is 22.6 Å². The van der Waals surface area contributed by atoms with Crippen LogP contribution in [0.2, 0.25) is 0 Å². The molecule has 2 aromatic rings. The van der Waals surface area contributed by atoms with E-state index in [2.05, 4.69) is 17.6 Å². The zero-order valence-electron chi connectivity index (χ0n) is 12.9. The van der Waals surface area contributed by atoms with Crippen LogP contribution in [0.3, 0.4) is 0 Å². The predicted octanol–water partition coefficient (Wildman–Crippen LogP) is 3.34. The molecule has 0 aromatic heterocycles. The predicted molar refractivity (Wildman–Crippen MR) is 93.3 cm³/mol. The third kappa shape index (κ3) is 3.40. The van der Waals surface area contributed by atoms with Gasteiger partial charge in [0.15, 0.2) is 0 Å². The van der Waals surface area contributed by atoms with Gasteiger partial charge in [-0.25, -0.2) is 0 Å². The van der Waals surface area contributed by atoms with Crippen molar-refractivity contribution >= 4 is 29.3 Å². The fourth-order valence-electron chi connectivity index (χ4n) is 2.62. The fraction of sp³-hybridized carbons (Fsp3) is 0.222. The second kappa shape index (κ2) is 6.87. The number of nitrogens with one attached hydrogen (secondary N) is 2. The minimum atomic E-state index is -0.155. The van der Waals surface area contributed by atoms with E-state index in [1.165, 1.54) is 0 Å². The summed E-state index contributed by atoms with van der Waals surface area (Å²) in [7, 11) is 0. The summed E-state index contributed by atoms with van der Waals surface area (Å²) in [5, 5.41) is 5.72. The summed E-state index contributed by atoms with van der Waals surface area (Å²) in [4.78, 5) is 25.4. The number of carbonyl (C=O) groups is 2. The van der Waals surface area contributed by atoms with E-state index >= 15 is 0 Å². The maximum Gasteiger partial charge on any atom is 0.256 e. The van der Waals surface area contributed by atoms with Gasteiger partial charge in [-0.3, -0.25) is 9.59 Å². The molecule has 118 valence electrons. The molecule has 1 aliphatic rings. The quantitative estimate of drug-likeness (QED) is 0.847. The maximum atomic E-state index is 12.5. The molecule has 0 bridgehead atoms. The van der Waals surface area contributed by atoms with Gasteiger partial charge >= 0.3 is 0 Å². The minimum absolute atomic E-state index is 0.0794. The molecule has 2 N–H and O–H groups in total. The van der Waals surface area contributed by atoms with Gasteiger partial charge in [0.05, 0.1) is 5.56 Å². The molecule has 4 nitrogen and oxygen atoms in total. The number of amides is 2. The lowest BCUT2D eigenvalue weighted by Crippen LogP contribution is -2.31. The van der Waals surface area contributed by atoms with Crippen LogP contribution in [-0.2, 0) is 6.42 Å². The topological polar surface area (TPSA) is 58.2 Å². The summed E-state index contributed by atoms with van der Waals surface area (Å²) >= 11 is 1.64. The number of anilines is 1. The Balaban J connectivity index is 1.84. The molecule has 23 heavy (non-hydrogen) atoms. The van der Waals surface area contributed by atoms with Gasteiger partial charge in [-0.1, -0.05) is 25.1 Å². The van der Waals surface area contributed by atoms with Gasteiger partial charge in [0.25, 0.3) is 11.8 Å². The van der Waals surface area contributed by atoms with Crippen LogP contribution in [0.1, 0.15) is 33.2 Å². The molecule has 0 saturated heterocycles. The van der Waals surface area contributed by atoms with Gasteiger partial charge in [0, 0.05) is 22.7 Å². The van der Waals surface area contributed by atoms with Crippen molar-refractivity contribution < 1.29 is 9.59 Å². The summed E-state index contributed by atoms with van der Waals surface area (Å²) in [6, 6.07) is 13.1. The first-order chi connectivity index (χ1) is 11.2. The van der Waals surface area contributed by atoms with Crippen molar-refractivity contribution in [2.45, 2.75) is 18.2 Å². The van der Waals surface area contributed by atoms with Crippen LogP contribution in [-0.4, -0.2) is 24.1 Å². The number of thioether (sulfide) groups is 1. The van der Waals surface area contributed by atoms with E-state index in [-0.39, 0.29) is 11.8 Å². The molecule has 2 amide bonds. The zero-order chi connectivity index (χ0) is 16.2. The normalized spacial score (nSPS) is 13.2. The number of hydrogen-bond acceptors (Lipinski definition) is 3. The maximum absolute atomic E-state index is 12.5. The molecule has 5 heteroatoms. The lowest BCUT2D eigenvalue weighted by Gasteiger charge is -2.17. The van der Waals surface area contributed by atoms with E-state index < -0.39 is 0 Å². The monoisotopic (exact) mass is 326 g/mol. The minimum Gasteiger partial charge on any atom is -0.352 e. The molecule has 0 spiro atoms. The van der Waals surface area contributed by atoms with Crippen molar-refractivity contribution in [2.75, 3.05) is 17.6 Å². The summed E-state index contributed by atoms with van der Waals surface area (Å²) in [6.45, 7) is 2.72. The molecule has 0 radical (unpaired) electrons. The van der Waals surface area contributed by atoms with Gasteiger partial charge in [-0.15, -0.1) is 11.8 Å². The SMILES string of the molecule is CCSc1ccccc1C(=O)Nc1ccc2c(c1)C(=O)NCC2. The van der Waals surface area contributed by atoms with Crippen LogP contribution in [0.25, 0.3) is 0 Å². The Kier molecular flexibility index (Phi) is 4.67. The number of hydrogen-bond donors (Lipinski definition) is 2. The second-order valence-corrected chi connectivity index (χ2v) is 6.57. The molecule has 3 rings (SSSR count). The van der Waals surface area contributed by atoms with Crippen LogP contribution in [0.5, 0.6) is 0 Å². The van der Waals surface area contributed by atoms with Gasteiger partial charge in [0.2, 0.25) is 0 Å². The average molecular weight is 326 g/mol. The lowest BCUT2D eigenvalue weighted by molar-refractivity contribution is 0.0944.